The number of thiol groups is 1. The molecule has 1 rings (SSSR count). The fourth-order valence-corrected chi connectivity index (χ4v) is 1.77. The van der Waals surface area contributed by atoms with Crippen molar-refractivity contribution in [2.75, 3.05) is 12.4 Å². The molecular formula is C10H14ClN3O3S. The van der Waals surface area contributed by atoms with E-state index in [-0.39, 0.29) is 23.1 Å². The van der Waals surface area contributed by atoms with Gasteiger partial charge in [-0.05, 0) is 6.92 Å². The summed E-state index contributed by atoms with van der Waals surface area (Å²) in [4.78, 5) is 23.3. The number of amides is 1. The number of nitrogens with zero attached hydrogens (tertiary/aromatic N) is 2. The lowest BCUT2D eigenvalue weighted by atomic mass is 10.3. The summed E-state index contributed by atoms with van der Waals surface area (Å²) in [5.74, 6) is -0.935. The van der Waals surface area contributed by atoms with Gasteiger partial charge in [0.25, 0.3) is 5.91 Å². The molecule has 0 aliphatic rings. The van der Waals surface area contributed by atoms with E-state index in [4.69, 9.17) is 16.3 Å². The van der Waals surface area contributed by atoms with Crippen LogP contribution in [-0.2, 0) is 16.6 Å². The molecule has 0 aliphatic carbocycles. The maximum absolute atomic E-state index is 11.8. The van der Waals surface area contributed by atoms with Gasteiger partial charge in [0.2, 0.25) is 0 Å². The fraction of sp³-hybridized carbons (Fsp3) is 0.500. The van der Waals surface area contributed by atoms with Crippen molar-refractivity contribution in [2.24, 2.45) is 7.05 Å². The van der Waals surface area contributed by atoms with Gasteiger partial charge in [0.05, 0.1) is 11.6 Å². The molecule has 8 heteroatoms. The predicted molar refractivity (Wildman–Crippen MR) is 70.0 cm³/mol. The Kier molecular flexibility index (Phi) is 5.49. The van der Waals surface area contributed by atoms with Crippen molar-refractivity contribution in [3.05, 3.63) is 16.9 Å². The predicted octanol–water partition coefficient (Wildman–Crippen LogP) is 0.665. The smallest absolute Gasteiger partial charge is 0.329 e. The van der Waals surface area contributed by atoms with E-state index in [2.05, 4.69) is 23.0 Å². The highest BCUT2D eigenvalue weighted by molar-refractivity contribution is 7.80. The Morgan fingerprint density at radius 1 is 1.67 bits per heavy atom. The molecule has 0 unspecified atom stereocenters. The highest BCUT2D eigenvalue weighted by Crippen LogP contribution is 2.13. The number of carbonyl (C=O) groups excluding carboxylic acids is 2. The number of ether oxygens (including phenoxy) is 1. The van der Waals surface area contributed by atoms with E-state index in [0.717, 1.165) is 0 Å². The van der Waals surface area contributed by atoms with Gasteiger partial charge >= 0.3 is 5.97 Å². The second kappa shape index (κ2) is 6.65. The number of halogens is 1. The van der Waals surface area contributed by atoms with Gasteiger partial charge in [-0.15, -0.1) is 0 Å². The summed E-state index contributed by atoms with van der Waals surface area (Å²) in [5.41, 5.74) is 0.0650. The Morgan fingerprint density at radius 2 is 2.33 bits per heavy atom. The standard InChI is InChI=1S/C10H14ClN3O3S/c1-3-17-10(16)7(5-18)12-9(15)8-6(11)4-14(2)13-8/h4,7,18H,3,5H2,1-2H3,(H,12,15)/t7-/m0/s1. The topological polar surface area (TPSA) is 73.2 Å². The van der Waals surface area contributed by atoms with Gasteiger partial charge in [0.1, 0.15) is 6.04 Å². The number of carbonyl (C=O) groups is 2. The molecule has 0 fully saturated rings. The van der Waals surface area contributed by atoms with Crippen LogP contribution in [0.5, 0.6) is 0 Å². The van der Waals surface area contributed by atoms with Crippen LogP contribution >= 0.6 is 24.2 Å². The molecule has 1 amide bonds. The van der Waals surface area contributed by atoms with Crippen LogP contribution in [0.25, 0.3) is 0 Å². The van der Waals surface area contributed by atoms with E-state index < -0.39 is 17.9 Å². The molecule has 1 aromatic heterocycles. The van der Waals surface area contributed by atoms with Gasteiger partial charge < -0.3 is 10.1 Å². The van der Waals surface area contributed by atoms with Crippen LogP contribution in [0.4, 0.5) is 0 Å². The molecule has 0 bridgehead atoms. The average molecular weight is 292 g/mol. The lowest BCUT2D eigenvalue weighted by Crippen LogP contribution is -2.43. The molecule has 0 spiro atoms. The molecule has 1 atom stereocenters. The number of aryl methyl sites for hydroxylation is 1. The van der Waals surface area contributed by atoms with Crippen LogP contribution in [0, 0.1) is 0 Å². The first-order valence-corrected chi connectivity index (χ1v) is 6.28. The van der Waals surface area contributed by atoms with E-state index >= 15 is 0 Å². The zero-order valence-electron chi connectivity index (χ0n) is 10.0. The van der Waals surface area contributed by atoms with Gasteiger partial charge in [0.15, 0.2) is 5.69 Å². The monoisotopic (exact) mass is 291 g/mol. The first-order chi connectivity index (χ1) is 8.49. The summed E-state index contributed by atoms with van der Waals surface area (Å²) in [7, 11) is 1.64. The maximum atomic E-state index is 11.8. The number of hydrogen-bond donors (Lipinski definition) is 2. The largest absolute Gasteiger partial charge is 0.464 e. The van der Waals surface area contributed by atoms with E-state index in [9.17, 15) is 9.59 Å². The number of hydrogen-bond acceptors (Lipinski definition) is 5. The average Bonchev–Trinajstić information content (AvgIpc) is 2.65. The normalized spacial score (nSPS) is 12.0. The highest BCUT2D eigenvalue weighted by Gasteiger charge is 2.23. The molecule has 100 valence electrons. The van der Waals surface area contributed by atoms with E-state index in [1.165, 1.54) is 10.9 Å². The summed E-state index contributed by atoms with van der Waals surface area (Å²) >= 11 is 9.82. The Hall–Kier alpha value is -1.21. The van der Waals surface area contributed by atoms with Crippen molar-refractivity contribution in [2.45, 2.75) is 13.0 Å². The Bertz CT molecular complexity index is 450. The maximum Gasteiger partial charge on any atom is 0.329 e. The van der Waals surface area contributed by atoms with Gasteiger partial charge in [0, 0.05) is 19.0 Å². The number of rotatable bonds is 5. The number of esters is 1. The molecule has 0 saturated heterocycles. The summed E-state index contributed by atoms with van der Waals surface area (Å²) < 4.78 is 6.22. The van der Waals surface area contributed by atoms with Crippen molar-refractivity contribution < 1.29 is 14.3 Å². The second-order valence-electron chi connectivity index (χ2n) is 3.46. The summed E-state index contributed by atoms with van der Waals surface area (Å²) in [6.07, 6.45) is 1.50. The molecule has 0 saturated carbocycles. The molecule has 0 aliphatic heterocycles. The van der Waals surface area contributed by atoms with Crippen molar-refractivity contribution in [1.29, 1.82) is 0 Å². The van der Waals surface area contributed by atoms with Crippen LogP contribution < -0.4 is 5.32 Å². The first kappa shape index (κ1) is 14.8. The first-order valence-electron chi connectivity index (χ1n) is 5.27. The molecule has 18 heavy (non-hydrogen) atoms. The SMILES string of the molecule is CCOC(=O)[C@H](CS)NC(=O)c1nn(C)cc1Cl. The lowest BCUT2D eigenvalue weighted by Gasteiger charge is -2.14. The molecule has 1 N–H and O–H groups in total. The third-order valence-corrected chi connectivity index (χ3v) is 2.70. The van der Waals surface area contributed by atoms with Crippen LogP contribution in [0.2, 0.25) is 5.02 Å². The number of nitrogens with one attached hydrogen (secondary N) is 1. The quantitative estimate of drug-likeness (QED) is 0.618. The van der Waals surface area contributed by atoms with E-state index in [1.807, 2.05) is 0 Å². The lowest BCUT2D eigenvalue weighted by molar-refractivity contribution is -0.144. The molecule has 0 radical (unpaired) electrons. The summed E-state index contributed by atoms with van der Waals surface area (Å²) in [5, 5.41) is 6.59. The summed E-state index contributed by atoms with van der Waals surface area (Å²) in [6.45, 7) is 1.92. The van der Waals surface area contributed by atoms with Crippen molar-refractivity contribution in [3.63, 3.8) is 0 Å². The third-order valence-electron chi connectivity index (χ3n) is 2.06. The number of aromatic nitrogens is 2. The van der Waals surface area contributed by atoms with E-state index in [0.29, 0.717) is 0 Å². The molecular weight excluding hydrogens is 278 g/mol. The van der Waals surface area contributed by atoms with Crippen LogP contribution in [0.3, 0.4) is 0 Å². The Balaban J connectivity index is 2.73. The van der Waals surface area contributed by atoms with Gasteiger partial charge in [-0.3, -0.25) is 9.48 Å². The minimum Gasteiger partial charge on any atom is -0.464 e. The van der Waals surface area contributed by atoms with Gasteiger partial charge in [-0.1, -0.05) is 11.6 Å². The minimum atomic E-state index is -0.821. The van der Waals surface area contributed by atoms with Crippen LogP contribution in [-0.4, -0.2) is 40.1 Å². The van der Waals surface area contributed by atoms with Crippen molar-refractivity contribution in [1.82, 2.24) is 15.1 Å². The van der Waals surface area contributed by atoms with Crippen LogP contribution in [0.1, 0.15) is 17.4 Å². The zero-order chi connectivity index (χ0) is 13.7. The minimum absolute atomic E-state index is 0.0650. The Labute approximate surface area is 115 Å². The second-order valence-corrected chi connectivity index (χ2v) is 4.23. The van der Waals surface area contributed by atoms with E-state index in [1.54, 1.807) is 14.0 Å². The highest BCUT2D eigenvalue weighted by atomic mass is 35.5. The zero-order valence-corrected chi connectivity index (χ0v) is 11.7. The molecule has 0 aromatic carbocycles. The molecule has 1 heterocycles. The van der Waals surface area contributed by atoms with Gasteiger partial charge in [-0.2, -0.15) is 17.7 Å². The fourth-order valence-electron chi connectivity index (χ4n) is 1.26. The Morgan fingerprint density at radius 3 is 2.78 bits per heavy atom. The molecule has 1 aromatic rings. The molecule has 6 nitrogen and oxygen atoms in total. The van der Waals surface area contributed by atoms with Crippen LogP contribution in [0.15, 0.2) is 6.20 Å². The van der Waals surface area contributed by atoms with Crippen molar-refractivity contribution in [3.8, 4) is 0 Å². The van der Waals surface area contributed by atoms with Crippen molar-refractivity contribution >= 4 is 36.1 Å². The van der Waals surface area contributed by atoms with Gasteiger partial charge in [-0.25, -0.2) is 4.79 Å². The third kappa shape index (κ3) is 3.64. The summed E-state index contributed by atoms with van der Waals surface area (Å²) in [6, 6.07) is -0.821.